The average molecular weight is 393 g/mol. The molecule has 1 N–H and O–H groups in total. The van der Waals surface area contributed by atoms with Crippen LogP contribution in [0.1, 0.15) is 32.7 Å². The lowest BCUT2D eigenvalue weighted by Crippen LogP contribution is -2.26. The van der Waals surface area contributed by atoms with Crippen LogP contribution in [0.25, 0.3) is 10.2 Å². The molecule has 26 heavy (non-hydrogen) atoms. The topological polar surface area (TPSA) is 81.4 Å². The molecule has 0 saturated carbocycles. The van der Waals surface area contributed by atoms with E-state index in [9.17, 15) is 14.7 Å². The number of carbonyl (C=O) groups is 1. The quantitative estimate of drug-likeness (QED) is 0.689. The Hall–Kier alpha value is -2.22. The van der Waals surface area contributed by atoms with E-state index in [2.05, 4.69) is 4.98 Å². The maximum Gasteiger partial charge on any atom is 0.348 e. The zero-order chi connectivity index (χ0) is 19.0. The number of hydrogen-bond acceptors (Lipinski definition) is 6. The molecule has 3 rings (SSSR count). The Morgan fingerprint density at radius 1 is 1.35 bits per heavy atom. The summed E-state index contributed by atoms with van der Waals surface area (Å²) in [5, 5.41) is 11.4. The van der Waals surface area contributed by atoms with Gasteiger partial charge >= 0.3 is 5.97 Å². The summed E-state index contributed by atoms with van der Waals surface area (Å²) in [6.45, 7) is 3.45. The van der Waals surface area contributed by atoms with E-state index in [1.165, 1.54) is 11.7 Å². The summed E-state index contributed by atoms with van der Waals surface area (Å²) in [6, 6.07) is 6.79. The minimum absolute atomic E-state index is 0.0537. The van der Waals surface area contributed by atoms with Crippen LogP contribution in [0.15, 0.2) is 29.1 Å². The van der Waals surface area contributed by atoms with Gasteiger partial charge in [0.15, 0.2) is 0 Å². The van der Waals surface area contributed by atoms with E-state index in [1.807, 2.05) is 0 Å². The van der Waals surface area contributed by atoms with E-state index in [0.717, 1.165) is 11.3 Å². The molecule has 0 amide bonds. The van der Waals surface area contributed by atoms with Gasteiger partial charge in [0, 0.05) is 5.02 Å². The van der Waals surface area contributed by atoms with Crippen molar-refractivity contribution < 1.29 is 14.6 Å². The maximum absolute atomic E-state index is 13.0. The molecule has 2 aromatic heterocycles. The van der Waals surface area contributed by atoms with Crippen LogP contribution in [0.4, 0.5) is 0 Å². The van der Waals surface area contributed by atoms with Gasteiger partial charge in [-0.1, -0.05) is 23.7 Å². The van der Waals surface area contributed by atoms with Crippen molar-refractivity contribution in [3.63, 3.8) is 0 Å². The maximum atomic E-state index is 13.0. The number of hydrogen-bond donors (Lipinski definition) is 1. The van der Waals surface area contributed by atoms with Crippen LogP contribution in [-0.2, 0) is 11.3 Å². The minimum atomic E-state index is -0.887. The van der Waals surface area contributed by atoms with Gasteiger partial charge in [-0.2, -0.15) is 0 Å². The smallest absolute Gasteiger partial charge is 0.348 e. The lowest BCUT2D eigenvalue weighted by molar-refractivity contribution is 0.0605. The number of aromatic nitrogens is 2. The van der Waals surface area contributed by atoms with Gasteiger partial charge in [0.05, 0.1) is 25.1 Å². The second kappa shape index (κ2) is 7.19. The number of aliphatic hydroxyl groups excluding tert-OH is 1. The van der Waals surface area contributed by atoms with Gasteiger partial charge in [0.1, 0.15) is 15.5 Å². The number of aliphatic hydroxyl groups is 1. The lowest BCUT2D eigenvalue weighted by Gasteiger charge is -2.15. The van der Waals surface area contributed by atoms with Crippen LogP contribution >= 0.6 is 22.9 Å². The predicted molar refractivity (Wildman–Crippen MR) is 101 cm³/mol. The number of halogens is 1. The van der Waals surface area contributed by atoms with Crippen molar-refractivity contribution in [1.82, 2.24) is 9.55 Å². The molecule has 0 bridgehead atoms. The first-order valence-electron chi connectivity index (χ1n) is 7.85. The number of ether oxygens (including phenoxy) is 1. The highest BCUT2D eigenvalue weighted by Crippen LogP contribution is 2.28. The molecule has 0 unspecified atom stereocenters. The minimum Gasteiger partial charge on any atom is -0.465 e. The van der Waals surface area contributed by atoms with Gasteiger partial charge < -0.3 is 9.84 Å². The number of methoxy groups -OCH3 is 1. The lowest BCUT2D eigenvalue weighted by atomic mass is 10.1. The number of rotatable bonds is 4. The van der Waals surface area contributed by atoms with E-state index in [1.54, 1.807) is 38.1 Å². The number of thiophene rings is 1. The molecule has 0 spiro atoms. The van der Waals surface area contributed by atoms with E-state index < -0.39 is 12.1 Å². The molecule has 0 fully saturated rings. The molecule has 0 aliphatic carbocycles. The van der Waals surface area contributed by atoms with Crippen LogP contribution in [0, 0.1) is 13.8 Å². The van der Waals surface area contributed by atoms with E-state index in [0.29, 0.717) is 37.1 Å². The molecule has 0 aliphatic rings. The molecular weight excluding hydrogens is 376 g/mol. The molecule has 136 valence electrons. The number of benzene rings is 1. The van der Waals surface area contributed by atoms with Crippen LogP contribution in [-0.4, -0.2) is 27.7 Å². The fraction of sp³-hybridized carbons (Fsp3) is 0.278. The van der Waals surface area contributed by atoms with Crippen molar-refractivity contribution in [1.29, 1.82) is 0 Å². The molecule has 8 heteroatoms. The van der Waals surface area contributed by atoms with E-state index in [4.69, 9.17) is 16.3 Å². The van der Waals surface area contributed by atoms with Crippen molar-refractivity contribution in [2.24, 2.45) is 0 Å². The third-order valence-corrected chi connectivity index (χ3v) is 5.64. The van der Waals surface area contributed by atoms with Gasteiger partial charge in [-0.25, -0.2) is 9.78 Å². The summed E-state index contributed by atoms with van der Waals surface area (Å²) in [7, 11) is 1.30. The Morgan fingerprint density at radius 3 is 2.62 bits per heavy atom. The SMILES string of the molecule is COC(=O)c1sc2nc(C)n(C[C@@H](O)c3ccc(Cl)cc3)c(=O)c2c1C. The largest absolute Gasteiger partial charge is 0.465 e. The Balaban J connectivity index is 2.06. The number of nitrogens with zero attached hydrogens (tertiary/aromatic N) is 2. The highest BCUT2D eigenvalue weighted by Gasteiger charge is 2.22. The van der Waals surface area contributed by atoms with Crippen molar-refractivity contribution in [2.45, 2.75) is 26.5 Å². The monoisotopic (exact) mass is 392 g/mol. The number of fused-ring (bicyclic) bond motifs is 1. The summed E-state index contributed by atoms with van der Waals surface area (Å²) in [5.74, 6) is -0.0246. The number of carbonyl (C=O) groups excluding carboxylic acids is 1. The van der Waals surface area contributed by atoms with E-state index in [-0.39, 0.29) is 12.1 Å². The van der Waals surface area contributed by atoms with Crippen molar-refractivity contribution >= 4 is 39.1 Å². The van der Waals surface area contributed by atoms with Gasteiger partial charge in [-0.15, -0.1) is 11.3 Å². The molecule has 2 heterocycles. The Morgan fingerprint density at radius 2 is 2.00 bits per heavy atom. The number of aryl methyl sites for hydroxylation is 2. The van der Waals surface area contributed by atoms with Crippen LogP contribution < -0.4 is 5.56 Å². The van der Waals surface area contributed by atoms with Crippen LogP contribution in [0.5, 0.6) is 0 Å². The summed E-state index contributed by atoms with van der Waals surface area (Å²) in [4.78, 5) is 30.1. The zero-order valence-corrected chi connectivity index (χ0v) is 16.0. The summed E-state index contributed by atoms with van der Waals surface area (Å²) < 4.78 is 6.18. The summed E-state index contributed by atoms with van der Waals surface area (Å²) in [6.07, 6.45) is -0.887. The second-order valence-electron chi connectivity index (χ2n) is 5.87. The fourth-order valence-corrected chi connectivity index (χ4v) is 4.05. The fourth-order valence-electron chi connectivity index (χ4n) is 2.78. The summed E-state index contributed by atoms with van der Waals surface area (Å²) >= 11 is 7.00. The molecule has 3 aromatic rings. The molecule has 1 atom stereocenters. The van der Waals surface area contributed by atoms with Crippen molar-refractivity contribution in [2.75, 3.05) is 7.11 Å². The van der Waals surface area contributed by atoms with Crippen LogP contribution in [0.2, 0.25) is 5.02 Å². The average Bonchev–Trinajstić information content (AvgIpc) is 2.94. The molecular formula is C18H17ClN2O4S. The first kappa shape index (κ1) is 18.6. The molecule has 0 saturated heterocycles. The molecule has 0 aliphatic heterocycles. The van der Waals surface area contributed by atoms with Gasteiger partial charge in [-0.3, -0.25) is 9.36 Å². The van der Waals surface area contributed by atoms with Crippen LogP contribution in [0.3, 0.4) is 0 Å². The standard InChI is InChI=1S/C18H17ClN2O4S/c1-9-14-16(26-15(9)18(24)25-3)20-10(2)21(17(14)23)8-13(22)11-4-6-12(19)7-5-11/h4-7,13,22H,8H2,1-3H3/t13-/m1/s1. The second-order valence-corrected chi connectivity index (χ2v) is 7.31. The van der Waals surface area contributed by atoms with Crippen molar-refractivity contribution in [3.8, 4) is 0 Å². The highest BCUT2D eigenvalue weighted by molar-refractivity contribution is 7.20. The Kier molecular flexibility index (Phi) is 5.13. The van der Waals surface area contributed by atoms with Gasteiger partial charge in [0.2, 0.25) is 0 Å². The Labute approximate surface area is 158 Å². The Bertz CT molecular complexity index is 1040. The van der Waals surface area contributed by atoms with Crippen molar-refractivity contribution in [3.05, 3.63) is 61.5 Å². The van der Waals surface area contributed by atoms with Gasteiger partial charge in [0.25, 0.3) is 5.56 Å². The molecule has 1 aromatic carbocycles. The number of esters is 1. The predicted octanol–water partition coefficient (Wildman–Crippen LogP) is 3.25. The third-order valence-electron chi connectivity index (χ3n) is 4.22. The summed E-state index contributed by atoms with van der Waals surface area (Å²) in [5.41, 5.74) is 0.909. The first-order valence-corrected chi connectivity index (χ1v) is 9.05. The zero-order valence-electron chi connectivity index (χ0n) is 14.4. The van der Waals surface area contributed by atoms with E-state index >= 15 is 0 Å². The third kappa shape index (κ3) is 3.25. The molecule has 6 nitrogen and oxygen atoms in total. The normalized spacial score (nSPS) is 12.3. The molecule has 0 radical (unpaired) electrons. The van der Waals surface area contributed by atoms with Gasteiger partial charge in [-0.05, 0) is 37.1 Å². The highest BCUT2D eigenvalue weighted by atomic mass is 35.5. The first-order chi connectivity index (χ1) is 12.3.